The molecule has 0 saturated carbocycles. The Morgan fingerprint density at radius 3 is 2.20 bits per heavy atom. The molecule has 2 aliphatic rings. The summed E-state index contributed by atoms with van der Waals surface area (Å²) in [6.07, 6.45) is 0.776. The van der Waals surface area contributed by atoms with E-state index in [1.807, 2.05) is 32.6 Å². The standard InChI is InChI=1S/C28H39N3O3S/c1-20-11-12-24(21(2)17-20)35-25-10-8-7-9-23(25)29-13-15-30(16-14-29)26(32)34-22-18-27(3,4)31(33)28(5,6)19-22/h7-12,17,22,33H,13-16,18-19H2,1-6H3. The lowest BCUT2D eigenvalue weighted by Crippen LogP contribution is -2.61. The normalized spacial score (nSPS) is 20.7. The van der Waals surface area contributed by atoms with Gasteiger partial charge in [-0.1, -0.05) is 41.6 Å². The number of para-hydroxylation sites is 1. The third-order valence-electron chi connectivity index (χ3n) is 7.16. The Labute approximate surface area is 214 Å². The summed E-state index contributed by atoms with van der Waals surface area (Å²) in [7, 11) is 0. The monoisotopic (exact) mass is 497 g/mol. The summed E-state index contributed by atoms with van der Waals surface area (Å²) in [6.45, 7) is 15.0. The number of anilines is 1. The molecule has 190 valence electrons. The molecule has 0 spiro atoms. The highest BCUT2D eigenvalue weighted by atomic mass is 32.2. The van der Waals surface area contributed by atoms with Crippen molar-refractivity contribution < 1.29 is 14.7 Å². The molecule has 4 rings (SSSR count). The number of piperidine rings is 1. The van der Waals surface area contributed by atoms with Gasteiger partial charge in [0, 0.05) is 59.9 Å². The fourth-order valence-electron chi connectivity index (χ4n) is 5.45. The molecule has 0 unspecified atom stereocenters. The average molecular weight is 498 g/mol. The Balaban J connectivity index is 1.37. The molecular formula is C28H39N3O3S. The van der Waals surface area contributed by atoms with Crippen LogP contribution < -0.4 is 4.90 Å². The van der Waals surface area contributed by atoms with Gasteiger partial charge in [0.15, 0.2) is 0 Å². The summed E-state index contributed by atoms with van der Waals surface area (Å²) in [5, 5.41) is 11.9. The van der Waals surface area contributed by atoms with Gasteiger partial charge < -0.3 is 19.7 Å². The number of aryl methyl sites for hydroxylation is 2. The molecule has 1 N–H and O–H groups in total. The first-order chi connectivity index (χ1) is 16.5. The highest BCUT2D eigenvalue weighted by molar-refractivity contribution is 7.99. The van der Waals surface area contributed by atoms with Crippen LogP contribution in [0, 0.1) is 13.8 Å². The Bertz CT molecular complexity index is 1050. The lowest BCUT2D eigenvalue weighted by Gasteiger charge is -2.51. The molecule has 2 aromatic rings. The van der Waals surface area contributed by atoms with Crippen LogP contribution in [0.1, 0.15) is 51.7 Å². The maximum Gasteiger partial charge on any atom is 0.410 e. The first-order valence-corrected chi connectivity index (χ1v) is 13.3. The first kappa shape index (κ1) is 25.9. The molecule has 0 aliphatic carbocycles. The van der Waals surface area contributed by atoms with Crippen LogP contribution in [0.4, 0.5) is 10.5 Å². The van der Waals surface area contributed by atoms with E-state index >= 15 is 0 Å². The quantitative estimate of drug-likeness (QED) is 0.549. The van der Waals surface area contributed by atoms with E-state index in [2.05, 4.69) is 61.2 Å². The number of piperazine rings is 1. The molecule has 0 atom stereocenters. The number of ether oxygens (including phenoxy) is 1. The van der Waals surface area contributed by atoms with Gasteiger partial charge in [-0.05, 0) is 65.3 Å². The smallest absolute Gasteiger partial charge is 0.410 e. The van der Waals surface area contributed by atoms with Gasteiger partial charge in [-0.15, -0.1) is 0 Å². The molecule has 7 heteroatoms. The Morgan fingerprint density at radius 2 is 1.57 bits per heavy atom. The van der Waals surface area contributed by atoms with Gasteiger partial charge in [-0.3, -0.25) is 0 Å². The summed E-state index contributed by atoms with van der Waals surface area (Å²) in [5.41, 5.74) is 2.89. The van der Waals surface area contributed by atoms with E-state index < -0.39 is 11.1 Å². The molecule has 6 nitrogen and oxygen atoms in total. The summed E-state index contributed by atoms with van der Waals surface area (Å²) < 4.78 is 5.94. The SMILES string of the molecule is Cc1ccc(Sc2ccccc2N2CCN(C(=O)OC3CC(C)(C)N(O)C(C)(C)C3)CC2)c(C)c1. The van der Waals surface area contributed by atoms with Crippen LogP contribution in [-0.2, 0) is 4.74 Å². The highest BCUT2D eigenvalue weighted by Crippen LogP contribution is 2.39. The van der Waals surface area contributed by atoms with Gasteiger partial charge in [0.25, 0.3) is 0 Å². The molecule has 1 amide bonds. The largest absolute Gasteiger partial charge is 0.446 e. The number of hydroxylamine groups is 2. The Kier molecular flexibility index (Phi) is 7.41. The zero-order chi connectivity index (χ0) is 25.4. The highest BCUT2D eigenvalue weighted by Gasteiger charge is 2.46. The van der Waals surface area contributed by atoms with Gasteiger partial charge in [-0.25, -0.2) is 4.79 Å². The number of amides is 1. The molecule has 0 bridgehead atoms. The molecule has 2 aliphatic heterocycles. The van der Waals surface area contributed by atoms with Crippen molar-refractivity contribution in [3.63, 3.8) is 0 Å². The zero-order valence-electron chi connectivity index (χ0n) is 21.9. The van der Waals surface area contributed by atoms with E-state index in [1.54, 1.807) is 11.8 Å². The second-order valence-electron chi connectivity index (χ2n) is 11.2. The predicted molar refractivity (Wildman–Crippen MR) is 142 cm³/mol. The first-order valence-electron chi connectivity index (χ1n) is 12.5. The Hall–Kier alpha value is -2.22. The number of nitrogens with zero attached hydrogens (tertiary/aromatic N) is 3. The van der Waals surface area contributed by atoms with Crippen molar-refractivity contribution >= 4 is 23.5 Å². The lowest BCUT2D eigenvalue weighted by molar-refractivity contribution is -0.257. The maximum absolute atomic E-state index is 13.0. The summed E-state index contributed by atoms with van der Waals surface area (Å²) >= 11 is 1.80. The van der Waals surface area contributed by atoms with Crippen molar-refractivity contribution in [3.8, 4) is 0 Å². The third-order valence-corrected chi connectivity index (χ3v) is 8.41. The van der Waals surface area contributed by atoms with Crippen molar-refractivity contribution in [1.29, 1.82) is 0 Å². The van der Waals surface area contributed by atoms with Crippen LogP contribution in [0.5, 0.6) is 0 Å². The molecule has 2 heterocycles. The third kappa shape index (κ3) is 5.79. The molecule has 2 fully saturated rings. The van der Waals surface area contributed by atoms with Gasteiger partial charge in [0.05, 0.1) is 5.69 Å². The number of carbonyl (C=O) groups is 1. The Morgan fingerprint density at radius 1 is 0.943 bits per heavy atom. The van der Waals surface area contributed by atoms with E-state index in [9.17, 15) is 10.0 Å². The lowest BCUT2D eigenvalue weighted by atomic mass is 9.80. The van der Waals surface area contributed by atoms with E-state index in [-0.39, 0.29) is 12.2 Å². The van der Waals surface area contributed by atoms with Gasteiger partial charge in [0.2, 0.25) is 0 Å². The summed E-state index contributed by atoms with van der Waals surface area (Å²) in [6, 6.07) is 15.1. The van der Waals surface area contributed by atoms with E-state index in [0.717, 1.165) is 13.1 Å². The van der Waals surface area contributed by atoms with Crippen molar-refractivity contribution in [3.05, 3.63) is 53.6 Å². The van der Waals surface area contributed by atoms with Crippen molar-refractivity contribution in [2.24, 2.45) is 0 Å². The molecule has 0 radical (unpaired) electrons. The fourth-order valence-corrected chi connectivity index (χ4v) is 6.49. The molecule has 2 saturated heterocycles. The van der Waals surface area contributed by atoms with Gasteiger partial charge in [-0.2, -0.15) is 5.06 Å². The van der Waals surface area contributed by atoms with E-state index in [0.29, 0.717) is 25.9 Å². The minimum atomic E-state index is -0.442. The second kappa shape index (κ2) is 10.0. The predicted octanol–water partition coefficient (Wildman–Crippen LogP) is 6.12. The van der Waals surface area contributed by atoms with Gasteiger partial charge >= 0.3 is 6.09 Å². The zero-order valence-corrected chi connectivity index (χ0v) is 22.7. The van der Waals surface area contributed by atoms with Crippen molar-refractivity contribution in [2.75, 3.05) is 31.1 Å². The number of carbonyl (C=O) groups excluding carboxylic acids is 1. The van der Waals surface area contributed by atoms with E-state index in [4.69, 9.17) is 4.74 Å². The van der Waals surface area contributed by atoms with Crippen LogP contribution in [0.25, 0.3) is 0 Å². The van der Waals surface area contributed by atoms with Crippen LogP contribution in [0.3, 0.4) is 0 Å². The fraction of sp³-hybridized carbons (Fsp3) is 0.536. The van der Waals surface area contributed by atoms with E-state index in [1.165, 1.54) is 31.7 Å². The van der Waals surface area contributed by atoms with Crippen molar-refractivity contribution in [1.82, 2.24) is 9.96 Å². The van der Waals surface area contributed by atoms with Crippen molar-refractivity contribution in [2.45, 2.75) is 81.4 Å². The number of rotatable bonds is 4. The average Bonchev–Trinajstić information content (AvgIpc) is 2.79. The van der Waals surface area contributed by atoms with Crippen LogP contribution >= 0.6 is 11.8 Å². The van der Waals surface area contributed by atoms with Gasteiger partial charge in [0.1, 0.15) is 6.10 Å². The number of hydrogen-bond acceptors (Lipinski definition) is 6. The van der Waals surface area contributed by atoms with Crippen LogP contribution in [0.15, 0.2) is 52.3 Å². The summed E-state index contributed by atoms with van der Waals surface area (Å²) in [4.78, 5) is 19.7. The minimum absolute atomic E-state index is 0.205. The molecule has 35 heavy (non-hydrogen) atoms. The topological polar surface area (TPSA) is 56.2 Å². The summed E-state index contributed by atoms with van der Waals surface area (Å²) in [5.74, 6) is 0. The molecule has 2 aromatic carbocycles. The second-order valence-corrected chi connectivity index (χ2v) is 12.2. The number of benzene rings is 2. The molecular weight excluding hydrogens is 458 g/mol. The minimum Gasteiger partial charge on any atom is -0.446 e. The maximum atomic E-state index is 13.0. The molecule has 0 aromatic heterocycles. The van der Waals surface area contributed by atoms with Crippen LogP contribution in [0.2, 0.25) is 0 Å². The van der Waals surface area contributed by atoms with Crippen LogP contribution in [-0.4, -0.2) is 64.6 Å². The number of hydrogen-bond donors (Lipinski definition) is 1.